The zero-order valence-corrected chi connectivity index (χ0v) is 19.6. The van der Waals surface area contributed by atoms with Crippen molar-refractivity contribution in [1.82, 2.24) is 9.80 Å². The van der Waals surface area contributed by atoms with Gasteiger partial charge in [-0.1, -0.05) is 12.1 Å². The Kier molecular flexibility index (Phi) is 6.18. The van der Waals surface area contributed by atoms with Crippen molar-refractivity contribution >= 4 is 11.8 Å². The lowest BCUT2D eigenvalue weighted by Crippen LogP contribution is -2.58. The molecule has 0 unspecified atom stereocenters. The third kappa shape index (κ3) is 4.53. The van der Waals surface area contributed by atoms with E-state index in [1.165, 1.54) is 24.8 Å². The van der Waals surface area contributed by atoms with Gasteiger partial charge in [0.25, 0.3) is 0 Å². The van der Waals surface area contributed by atoms with Gasteiger partial charge in [0, 0.05) is 32.6 Å². The normalized spacial score (nSPS) is 31.1. The quantitative estimate of drug-likeness (QED) is 0.592. The molecule has 0 radical (unpaired) electrons. The first-order chi connectivity index (χ1) is 15.5. The van der Waals surface area contributed by atoms with E-state index in [1.54, 1.807) is 0 Å². The second-order valence-corrected chi connectivity index (χ2v) is 11.0. The molecule has 1 heterocycles. The summed E-state index contributed by atoms with van der Waals surface area (Å²) in [6.07, 6.45) is 9.77. The Hall–Kier alpha value is -2.04. The van der Waals surface area contributed by atoms with Gasteiger partial charge in [-0.25, -0.2) is 0 Å². The standard InChI is InChI=1S/C27H38N2O3/c1-20-5-4-6-24(13-20)32-12-3-2-7-25(30)28-8-10-29(11-9-28)26(31)27-17-21-14-22(18-27)16-23(15-21)19-27/h4-6,13,21-23H,2-3,7-12,14-19H2,1H3. The zero-order valence-electron chi connectivity index (χ0n) is 19.6. The van der Waals surface area contributed by atoms with Crippen molar-refractivity contribution in [3.8, 4) is 5.75 Å². The minimum atomic E-state index is -0.0573. The van der Waals surface area contributed by atoms with Gasteiger partial charge in [0.1, 0.15) is 5.75 Å². The van der Waals surface area contributed by atoms with Crippen molar-refractivity contribution in [3.63, 3.8) is 0 Å². The summed E-state index contributed by atoms with van der Waals surface area (Å²) in [5.74, 6) is 3.92. The summed E-state index contributed by atoms with van der Waals surface area (Å²) in [7, 11) is 0. The Bertz CT molecular complexity index is 808. The van der Waals surface area contributed by atoms with Gasteiger partial charge in [-0.15, -0.1) is 0 Å². The van der Waals surface area contributed by atoms with Crippen LogP contribution in [-0.4, -0.2) is 54.4 Å². The Morgan fingerprint density at radius 3 is 2.19 bits per heavy atom. The monoisotopic (exact) mass is 438 g/mol. The molecule has 0 spiro atoms. The van der Waals surface area contributed by atoms with Crippen LogP contribution in [0.4, 0.5) is 0 Å². The lowest BCUT2D eigenvalue weighted by molar-refractivity contribution is -0.160. The highest BCUT2D eigenvalue weighted by Crippen LogP contribution is 2.60. The molecule has 0 N–H and O–H groups in total. The summed E-state index contributed by atoms with van der Waals surface area (Å²) < 4.78 is 5.79. The number of unbranched alkanes of at least 4 members (excludes halogenated alkanes) is 1. The highest BCUT2D eigenvalue weighted by Gasteiger charge is 2.55. The van der Waals surface area contributed by atoms with Gasteiger partial charge >= 0.3 is 0 Å². The van der Waals surface area contributed by atoms with E-state index in [0.29, 0.717) is 45.1 Å². The first-order valence-corrected chi connectivity index (χ1v) is 12.8. The molecule has 2 amide bonds. The van der Waals surface area contributed by atoms with Crippen LogP contribution < -0.4 is 4.74 Å². The topological polar surface area (TPSA) is 49.9 Å². The van der Waals surface area contributed by atoms with Crippen molar-refractivity contribution in [2.75, 3.05) is 32.8 Å². The van der Waals surface area contributed by atoms with Crippen molar-refractivity contribution in [2.24, 2.45) is 23.2 Å². The van der Waals surface area contributed by atoms with E-state index in [9.17, 15) is 9.59 Å². The fourth-order valence-electron chi connectivity index (χ4n) is 7.30. The minimum absolute atomic E-state index is 0.0573. The van der Waals surface area contributed by atoms with Crippen molar-refractivity contribution < 1.29 is 14.3 Å². The van der Waals surface area contributed by atoms with Gasteiger partial charge in [0.15, 0.2) is 0 Å². The zero-order chi connectivity index (χ0) is 22.1. The number of aryl methyl sites for hydroxylation is 1. The number of nitrogens with zero attached hydrogens (tertiary/aromatic N) is 2. The lowest BCUT2D eigenvalue weighted by atomic mass is 9.49. The molecule has 1 saturated heterocycles. The number of ether oxygens (including phenoxy) is 1. The third-order valence-corrected chi connectivity index (χ3v) is 8.45. The predicted octanol–water partition coefficient (Wildman–Crippen LogP) is 4.43. The van der Waals surface area contributed by atoms with E-state index in [-0.39, 0.29) is 11.3 Å². The van der Waals surface area contributed by atoms with Crippen LogP contribution in [0, 0.1) is 30.1 Å². The molecular weight excluding hydrogens is 400 g/mol. The largest absolute Gasteiger partial charge is 0.494 e. The van der Waals surface area contributed by atoms with Gasteiger partial charge in [-0.3, -0.25) is 9.59 Å². The second kappa shape index (κ2) is 9.07. The van der Waals surface area contributed by atoms with Crippen LogP contribution in [-0.2, 0) is 9.59 Å². The summed E-state index contributed by atoms with van der Waals surface area (Å²) in [4.78, 5) is 30.2. The van der Waals surface area contributed by atoms with E-state index in [4.69, 9.17) is 4.74 Å². The number of carbonyl (C=O) groups is 2. The smallest absolute Gasteiger partial charge is 0.228 e. The number of hydrogen-bond acceptors (Lipinski definition) is 3. The minimum Gasteiger partial charge on any atom is -0.494 e. The maximum absolute atomic E-state index is 13.5. The van der Waals surface area contributed by atoms with Crippen molar-refractivity contribution in [2.45, 2.75) is 64.7 Å². The van der Waals surface area contributed by atoms with Crippen molar-refractivity contribution in [3.05, 3.63) is 29.8 Å². The Labute approximate surface area is 192 Å². The van der Waals surface area contributed by atoms with Crippen LogP contribution in [0.15, 0.2) is 24.3 Å². The van der Waals surface area contributed by atoms with Crippen molar-refractivity contribution in [1.29, 1.82) is 0 Å². The average Bonchev–Trinajstić information content (AvgIpc) is 2.77. The SMILES string of the molecule is Cc1cccc(OCCCCC(=O)N2CCN(C(=O)C34CC5CC(CC(C5)C3)C4)CC2)c1. The van der Waals surface area contributed by atoms with E-state index in [0.717, 1.165) is 55.6 Å². The molecule has 32 heavy (non-hydrogen) atoms. The van der Waals surface area contributed by atoms with Gasteiger partial charge in [0.05, 0.1) is 12.0 Å². The molecule has 5 fully saturated rings. The third-order valence-electron chi connectivity index (χ3n) is 8.45. The predicted molar refractivity (Wildman–Crippen MR) is 124 cm³/mol. The Morgan fingerprint density at radius 1 is 0.938 bits per heavy atom. The number of hydrogen-bond donors (Lipinski definition) is 0. The highest BCUT2D eigenvalue weighted by atomic mass is 16.5. The van der Waals surface area contributed by atoms with Crippen LogP contribution in [0.1, 0.15) is 63.4 Å². The first kappa shape index (κ1) is 21.8. The molecule has 4 bridgehead atoms. The molecule has 0 atom stereocenters. The van der Waals surface area contributed by atoms with Gasteiger partial charge in [-0.05, 0) is 93.7 Å². The first-order valence-electron chi connectivity index (χ1n) is 12.8. The number of amides is 2. The molecule has 6 rings (SSSR count). The van der Waals surface area contributed by atoms with Gasteiger partial charge < -0.3 is 14.5 Å². The fourth-order valence-corrected chi connectivity index (χ4v) is 7.30. The molecular formula is C27H38N2O3. The second-order valence-electron chi connectivity index (χ2n) is 11.0. The van der Waals surface area contributed by atoms with Crippen LogP contribution >= 0.6 is 0 Å². The molecule has 1 aliphatic heterocycles. The molecule has 1 aromatic carbocycles. The summed E-state index contributed by atoms with van der Waals surface area (Å²) >= 11 is 0. The van der Waals surface area contributed by atoms with E-state index in [2.05, 4.69) is 17.9 Å². The average molecular weight is 439 g/mol. The summed E-state index contributed by atoms with van der Waals surface area (Å²) in [6, 6.07) is 8.07. The molecule has 4 aliphatic carbocycles. The number of piperazine rings is 1. The molecule has 5 nitrogen and oxygen atoms in total. The maximum Gasteiger partial charge on any atom is 0.228 e. The molecule has 1 aromatic rings. The molecule has 4 saturated carbocycles. The molecule has 5 aliphatic rings. The highest BCUT2D eigenvalue weighted by molar-refractivity contribution is 5.84. The number of rotatable bonds is 7. The van der Waals surface area contributed by atoms with Crippen LogP contribution in [0.25, 0.3) is 0 Å². The lowest BCUT2D eigenvalue weighted by Gasteiger charge is -2.57. The van der Waals surface area contributed by atoms with Crippen LogP contribution in [0.3, 0.4) is 0 Å². The molecule has 174 valence electrons. The van der Waals surface area contributed by atoms with E-state index >= 15 is 0 Å². The molecule has 0 aromatic heterocycles. The number of benzene rings is 1. The maximum atomic E-state index is 13.5. The Balaban J connectivity index is 1.03. The van der Waals surface area contributed by atoms with Gasteiger partial charge in [0.2, 0.25) is 11.8 Å². The van der Waals surface area contributed by atoms with Crippen LogP contribution in [0.2, 0.25) is 0 Å². The summed E-state index contributed by atoms with van der Waals surface area (Å²) in [6.45, 7) is 5.51. The van der Waals surface area contributed by atoms with Gasteiger partial charge in [-0.2, -0.15) is 0 Å². The van der Waals surface area contributed by atoms with E-state index in [1.807, 2.05) is 23.1 Å². The fraction of sp³-hybridized carbons (Fsp3) is 0.704. The Morgan fingerprint density at radius 2 is 1.56 bits per heavy atom. The molecule has 5 heteroatoms. The van der Waals surface area contributed by atoms with Crippen LogP contribution in [0.5, 0.6) is 5.75 Å². The van der Waals surface area contributed by atoms with E-state index < -0.39 is 0 Å². The number of carbonyl (C=O) groups excluding carboxylic acids is 2. The summed E-state index contributed by atoms with van der Waals surface area (Å²) in [5.41, 5.74) is 1.14. The summed E-state index contributed by atoms with van der Waals surface area (Å²) in [5, 5.41) is 0.